The fourth-order valence-corrected chi connectivity index (χ4v) is 2.89. The molecule has 102 valence electrons. The fraction of sp³-hybridized carbons (Fsp3) is 0.182. The van der Waals surface area contributed by atoms with Gasteiger partial charge in [-0.1, -0.05) is 18.5 Å². The first-order chi connectivity index (χ1) is 8.95. The van der Waals surface area contributed by atoms with Crippen LogP contribution in [0.25, 0.3) is 5.69 Å². The highest BCUT2D eigenvalue weighted by atomic mass is 35.5. The molecule has 2 rings (SSSR count). The minimum absolute atomic E-state index is 0.0305. The molecule has 0 unspecified atom stereocenters. The van der Waals surface area contributed by atoms with E-state index in [0.29, 0.717) is 5.69 Å². The van der Waals surface area contributed by atoms with Gasteiger partial charge in [-0.15, -0.1) is 0 Å². The van der Waals surface area contributed by atoms with E-state index in [1.165, 1.54) is 29.1 Å². The van der Waals surface area contributed by atoms with Crippen molar-refractivity contribution in [2.24, 2.45) is 0 Å². The second kappa shape index (κ2) is 5.28. The van der Waals surface area contributed by atoms with Crippen LogP contribution in [0.15, 0.2) is 35.5 Å². The molecule has 0 saturated heterocycles. The number of nitrogens with zero attached hydrogens (tertiary/aromatic N) is 2. The maximum Gasteiger partial charge on any atom is 0.258 e. The second-order valence-electron chi connectivity index (χ2n) is 3.68. The zero-order chi connectivity index (χ0) is 14.0. The van der Waals surface area contributed by atoms with Crippen LogP contribution in [0.2, 0.25) is 5.02 Å². The average molecular weight is 304 g/mol. The summed E-state index contributed by atoms with van der Waals surface area (Å²) in [5.74, 6) is -0.575. The summed E-state index contributed by atoms with van der Waals surface area (Å²) in [6, 6.07) is 5.23. The number of halogens is 2. The molecular weight excluding hydrogens is 293 g/mol. The van der Waals surface area contributed by atoms with Crippen LogP contribution in [-0.2, 0) is 10.0 Å². The number of nitrogens with one attached hydrogen (secondary N) is 1. The monoisotopic (exact) mass is 303 g/mol. The van der Waals surface area contributed by atoms with Crippen molar-refractivity contribution in [3.63, 3.8) is 0 Å². The Morgan fingerprint density at radius 3 is 2.79 bits per heavy atom. The molecule has 8 heteroatoms. The Morgan fingerprint density at radius 2 is 2.16 bits per heavy atom. The van der Waals surface area contributed by atoms with E-state index in [-0.39, 0.29) is 16.6 Å². The predicted molar refractivity (Wildman–Crippen MR) is 69.4 cm³/mol. The summed E-state index contributed by atoms with van der Waals surface area (Å²) >= 11 is 5.68. The summed E-state index contributed by atoms with van der Waals surface area (Å²) in [6.45, 7) is 1.94. The summed E-state index contributed by atoms with van der Waals surface area (Å²) in [5, 5.41) is 3.79. The molecule has 1 N–H and O–H groups in total. The number of sulfonamides is 1. The molecule has 1 aromatic carbocycles. The van der Waals surface area contributed by atoms with Crippen LogP contribution in [0.5, 0.6) is 0 Å². The second-order valence-corrected chi connectivity index (χ2v) is 5.80. The van der Waals surface area contributed by atoms with Crippen LogP contribution in [-0.4, -0.2) is 24.7 Å². The van der Waals surface area contributed by atoms with Crippen molar-refractivity contribution in [3.8, 4) is 5.69 Å². The van der Waals surface area contributed by atoms with Crippen molar-refractivity contribution in [2.75, 3.05) is 6.54 Å². The van der Waals surface area contributed by atoms with Gasteiger partial charge in [-0.3, -0.25) is 0 Å². The first-order valence-electron chi connectivity index (χ1n) is 5.45. The van der Waals surface area contributed by atoms with E-state index in [1.807, 2.05) is 0 Å². The van der Waals surface area contributed by atoms with Gasteiger partial charge < -0.3 is 0 Å². The Labute approximate surface area is 115 Å². The van der Waals surface area contributed by atoms with Gasteiger partial charge in [-0.05, 0) is 24.3 Å². The summed E-state index contributed by atoms with van der Waals surface area (Å²) in [4.78, 5) is 0. The molecule has 0 radical (unpaired) electrons. The topological polar surface area (TPSA) is 64.0 Å². The van der Waals surface area contributed by atoms with Gasteiger partial charge in [0.05, 0.1) is 16.9 Å². The van der Waals surface area contributed by atoms with Crippen molar-refractivity contribution in [3.05, 3.63) is 41.3 Å². The summed E-state index contributed by atoms with van der Waals surface area (Å²) in [5.41, 5.74) is 0.368. The van der Waals surface area contributed by atoms with E-state index in [9.17, 15) is 12.8 Å². The Kier molecular flexibility index (Phi) is 3.88. The van der Waals surface area contributed by atoms with Gasteiger partial charge in [0.15, 0.2) is 5.03 Å². The van der Waals surface area contributed by atoms with Crippen molar-refractivity contribution >= 4 is 21.6 Å². The number of benzene rings is 1. The van der Waals surface area contributed by atoms with E-state index >= 15 is 0 Å². The van der Waals surface area contributed by atoms with Crippen LogP contribution < -0.4 is 4.72 Å². The molecule has 1 aromatic heterocycles. The van der Waals surface area contributed by atoms with Crippen LogP contribution in [0, 0.1) is 5.82 Å². The lowest BCUT2D eigenvalue weighted by atomic mass is 10.3. The normalized spacial score (nSPS) is 11.7. The molecule has 0 spiro atoms. The Morgan fingerprint density at radius 1 is 1.42 bits per heavy atom. The zero-order valence-electron chi connectivity index (χ0n) is 9.97. The van der Waals surface area contributed by atoms with Crippen molar-refractivity contribution < 1.29 is 12.8 Å². The van der Waals surface area contributed by atoms with Gasteiger partial charge in [-0.2, -0.15) is 5.10 Å². The van der Waals surface area contributed by atoms with Gasteiger partial charge in [0.1, 0.15) is 5.82 Å². The third-order valence-corrected chi connectivity index (χ3v) is 4.18. The Hall–Kier alpha value is -1.44. The third kappa shape index (κ3) is 2.78. The van der Waals surface area contributed by atoms with Gasteiger partial charge in [0.25, 0.3) is 10.0 Å². The highest BCUT2D eigenvalue weighted by Crippen LogP contribution is 2.21. The highest BCUT2D eigenvalue weighted by Gasteiger charge is 2.19. The Bertz CT molecular complexity index is 700. The van der Waals surface area contributed by atoms with E-state index in [1.54, 1.807) is 6.92 Å². The molecule has 1 heterocycles. The van der Waals surface area contributed by atoms with Crippen LogP contribution in [0.3, 0.4) is 0 Å². The van der Waals surface area contributed by atoms with E-state index in [0.717, 1.165) is 6.07 Å². The Balaban J connectivity index is 2.53. The maximum atomic E-state index is 13.1. The standard InChI is InChI=1S/C11H11ClFN3O2S/c1-2-15-19(17,18)11-5-6-14-16(11)8-3-4-10(13)9(12)7-8/h3-7,15H,2H2,1H3. The number of hydrogen-bond acceptors (Lipinski definition) is 3. The van der Waals surface area contributed by atoms with Crippen molar-refractivity contribution in [2.45, 2.75) is 11.9 Å². The molecule has 19 heavy (non-hydrogen) atoms. The van der Waals surface area contributed by atoms with E-state index in [2.05, 4.69) is 9.82 Å². The SMILES string of the molecule is CCNS(=O)(=O)c1ccnn1-c1ccc(F)c(Cl)c1. The van der Waals surface area contributed by atoms with Crippen molar-refractivity contribution in [1.29, 1.82) is 0 Å². The number of rotatable bonds is 4. The first-order valence-corrected chi connectivity index (χ1v) is 7.31. The molecule has 0 aliphatic rings. The molecular formula is C11H11ClFN3O2S. The first kappa shape index (κ1) is 14.0. The minimum atomic E-state index is -3.66. The molecule has 0 atom stereocenters. The molecule has 0 amide bonds. The van der Waals surface area contributed by atoms with Crippen molar-refractivity contribution in [1.82, 2.24) is 14.5 Å². The fourth-order valence-electron chi connectivity index (χ4n) is 1.57. The zero-order valence-corrected chi connectivity index (χ0v) is 11.5. The summed E-state index contributed by atoms with van der Waals surface area (Å²) in [7, 11) is -3.66. The van der Waals surface area contributed by atoms with E-state index in [4.69, 9.17) is 11.6 Å². The summed E-state index contributed by atoms with van der Waals surface area (Å²) in [6.07, 6.45) is 1.35. The number of hydrogen-bond donors (Lipinski definition) is 1. The molecule has 0 fully saturated rings. The lowest BCUT2D eigenvalue weighted by Gasteiger charge is -2.09. The van der Waals surface area contributed by atoms with Crippen LogP contribution in [0.1, 0.15) is 6.92 Å². The average Bonchev–Trinajstić information content (AvgIpc) is 2.82. The quantitative estimate of drug-likeness (QED) is 0.939. The third-order valence-electron chi connectivity index (χ3n) is 2.37. The van der Waals surface area contributed by atoms with Gasteiger partial charge in [0, 0.05) is 6.54 Å². The van der Waals surface area contributed by atoms with E-state index < -0.39 is 15.8 Å². The smallest absolute Gasteiger partial charge is 0.221 e. The van der Waals surface area contributed by atoms with Gasteiger partial charge >= 0.3 is 0 Å². The summed E-state index contributed by atoms with van der Waals surface area (Å²) < 4.78 is 40.6. The lowest BCUT2D eigenvalue weighted by molar-refractivity contribution is 0.573. The molecule has 0 bridgehead atoms. The largest absolute Gasteiger partial charge is 0.258 e. The maximum absolute atomic E-state index is 13.1. The number of aromatic nitrogens is 2. The van der Waals surface area contributed by atoms with Gasteiger partial charge in [0.2, 0.25) is 0 Å². The lowest BCUT2D eigenvalue weighted by Crippen LogP contribution is -2.25. The predicted octanol–water partition coefficient (Wildman–Crippen LogP) is 1.96. The molecule has 0 saturated carbocycles. The van der Waals surface area contributed by atoms with Gasteiger partial charge in [-0.25, -0.2) is 22.2 Å². The minimum Gasteiger partial charge on any atom is -0.221 e. The molecule has 5 nitrogen and oxygen atoms in total. The van der Waals surface area contributed by atoms with Crippen LogP contribution in [0.4, 0.5) is 4.39 Å². The molecule has 0 aliphatic carbocycles. The molecule has 0 aliphatic heterocycles. The van der Waals surface area contributed by atoms with Crippen LogP contribution >= 0.6 is 11.6 Å². The highest BCUT2D eigenvalue weighted by molar-refractivity contribution is 7.89. The molecule has 2 aromatic rings.